The minimum absolute atomic E-state index is 0.0891. The molecule has 0 amide bonds. The van der Waals surface area contributed by atoms with E-state index in [1.807, 2.05) is 37.3 Å². The fraction of sp³-hybridized carbons (Fsp3) is 0.588. The van der Waals surface area contributed by atoms with Gasteiger partial charge in [-0.25, -0.2) is 4.79 Å². The first-order valence-corrected chi connectivity index (χ1v) is 7.87. The van der Waals surface area contributed by atoms with Crippen LogP contribution < -0.4 is 5.32 Å². The molecule has 2 bridgehead atoms. The zero-order valence-corrected chi connectivity index (χ0v) is 12.8. The molecule has 2 fully saturated rings. The summed E-state index contributed by atoms with van der Waals surface area (Å²) in [7, 11) is 2.19. The average Bonchev–Trinajstić information content (AvgIpc) is 2.71. The first-order chi connectivity index (χ1) is 10.1. The second kappa shape index (κ2) is 6.06. The summed E-state index contributed by atoms with van der Waals surface area (Å²) in [6.45, 7) is 1.86. The van der Waals surface area contributed by atoms with Crippen molar-refractivity contribution < 1.29 is 9.53 Å². The highest BCUT2D eigenvalue weighted by molar-refractivity contribution is 5.78. The lowest BCUT2D eigenvalue weighted by atomic mass is 10.0. The third kappa shape index (κ3) is 3.21. The summed E-state index contributed by atoms with van der Waals surface area (Å²) in [6, 6.07) is 10.7. The van der Waals surface area contributed by atoms with Gasteiger partial charge in [0.05, 0.1) is 0 Å². The molecular weight excluding hydrogens is 264 g/mol. The quantitative estimate of drug-likeness (QED) is 0.865. The Hall–Kier alpha value is -1.55. The molecule has 1 aromatic carbocycles. The predicted molar refractivity (Wildman–Crippen MR) is 83.2 cm³/mol. The standard InChI is InChI=1S/C17H24N2O2/c1-12(18-13-6-4-3-5-7-13)17(20)21-16-10-14-8-9-15(11-16)19(14)2/h3-7,12,14-16,18H,8-11H2,1-2H3/t12?,14-,15+,16?. The fourth-order valence-corrected chi connectivity index (χ4v) is 3.57. The van der Waals surface area contributed by atoms with Crippen LogP contribution in [0.4, 0.5) is 5.69 Å². The van der Waals surface area contributed by atoms with Gasteiger partial charge in [-0.15, -0.1) is 0 Å². The van der Waals surface area contributed by atoms with Crippen LogP contribution in [0.15, 0.2) is 30.3 Å². The molecule has 3 rings (SSSR count). The van der Waals surface area contributed by atoms with E-state index in [1.54, 1.807) is 0 Å². The lowest BCUT2D eigenvalue weighted by molar-refractivity contribution is -0.152. The van der Waals surface area contributed by atoms with Gasteiger partial charge in [0.25, 0.3) is 0 Å². The smallest absolute Gasteiger partial charge is 0.328 e. The summed E-state index contributed by atoms with van der Waals surface area (Å²) in [5.74, 6) is -0.146. The predicted octanol–water partition coefficient (Wildman–Crippen LogP) is 2.66. The van der Waals surface area contributed by atoms with Crippen molar-refractivity contribution >= 4 is 11.7 Å². The SMILES string of the molecule is CC(Nc1ccccc1)C(=O)OC1C[C@H]2CC[C@@H](C1)N2C. The number of ether oxygens (including phenoxy) is 1. The van der Waals surface area contributed by atoms with E-state index in [0.29, 0.717) is 12.1 Å². The van der Waals surface area contributed by atoms with Gasteiger partial charge in [-0.2, -0.15) is 0 Å². The minimum Gasteiger partial charge on any atom is -0.461 e. The highest BCUT2D eigenvalue weighted by atomic mass is 16.5. The lowest BCUT2D eigenvalue weighted by Crippen LogP contribution is -2.44. The van der Waals surface area contributed by atoms with Crippen LogP contribution in [0, 0.1) is 0 Å². The maximum absolute atomic E-state index is 12.2. The molecule has 0 saturated carbocycles. The second-order valence-electron chi connectivity index (χ2n) is 6.31. The van der Waals surface area contributed by atoms with E-state index in [2.05, 4.69) is 17.3 Å². The van der Waals surface area contributed by atoms with Crippen molar-refractivity contribution in [3.8, 4) is 0 Å². The second-order valence-corrected chi connectivity index (χ2v) is 6.31. The molecule has 114 valence electrons. The minimum atomic E-state index is -0.315. The number of nitrogens with zero attached hydrogens (tertiary/aromatic N) is 1. The molecule has 4 heteroatoms. The molecule has 0 aliphatic carbocycles. The zero-order valence-electron chi connectivity index (χ0n) is 12.8. The Labute approximate surface area is 126 Å². The summed E-state index contributed by atoms with van der Waals surface area (Å²) in [5.41, 5.74) is 0.949. The first kappa shape index (κ1) is 14.4. The first-order valence-electron chi connectivity index (χ1n) is 7.87. The van der Waals surface area contributed by atoms with Crippen LogP contribution in [0.3, 0.4) is 0 Å². The van der Waals surface area contributed by atoms with Crippen LogP contribution in [-0.2, 0) is 9.53 Å². The Morgan fingerprint density at radius 2 is 1.86 bits per heavy atom. The average molecular weight is 288 g/mol. The number of piperidine rings is 1. The third-order valence-corrected chi connectivity index (χ3v) is 4.85. The molecule has 2 aliphatic rings. The molecule has 2 saturated heterocycles. The summed E-state index contributed by atoms with van der Waals surface area (Å²) in [6.07, 6.45) is 4.54. The van der Waals surface area contributed by atoms with Crippen LogP contribution in [0.5, 0.6) is 0 Å². The molecule has 21 heavy (non-hydrogen) atoms. The normalized spacial score (nSPS) is 29.9. The molecule has 1 aromatic rings. The van der Waals surface area contributed by atoms with Gasteiger partial charge in [-0.1, -0.05) is 18.2 Å². The maximum atomic E-state index is 12.2. The Bertz CT molecular complexity index is 477. The molecule has 4 nitrogen and oxygen atoms in total. The number of hydrogen-bond acceptors (Lipinski definition) is 4. The van der Waals surface area contributed by atoms with Gasteiger partial charge in [0.2, 0.25) is 0 Å². The van der Waals surface area contributed by atoms with Crippen LogP contribution in [-0.4, -0.2) is 42.1 Å². The molecule has 1 N–H and O–H groups in total. The molecule has 0 radical (unpaired) electrons. The Balaban J connectivity index is 1.52. The van der Waals surface area contributed by atoms with Crippen molar-refractivity contribution in [1.29, 1.82) is 0 Å². The molecule has 4 atom stereocenters. The van der Waals surface area contributed by atoms with Crippen LogP contribution >= 0.6 is 0 Å². The number of carbonyl (C=O) groups is 1. The number of esters is 1. The third-order valence-electron chi connectivity index (χ3n) is 4.85. The summed E-state index contributed by atoms with van der Waals surface area (Å²) < 4.78 is 5.73. The number of hydrogen-bond donors (Lipinski definition) is 1. The summed E-state index contributed by atoms with van der Waals surface area (Å²) in [5, 5.41) is 3.19. The number of para-hydroxylation sites is 1. The van der Waals surface area contributed by atoms with E-state index in [4.69, 9.17) is 4.74 Å². The number of rotatable bonds is 4. The summed E-state index contributed by atoms with van der Waals surface area (Å²) in [4.78, 5) is 14.7. The van der Waals surface area contributed by atoms with Gasteiger partial charge in [0, 0.05) is 17.8 Å². The van der Waals surface area contributed by atoms with Gasteiger partial charge in [0.15, 0.2) is 0 Å². The number of benzene rings is 1. The summed E-state index contributed by atoms with van der Waals surface area (Å²) >= 11 is 0. The van der Waals surface area contributed by atoms with Crippen molar-refractivity contribution in [3.05, 3.63) is 30.3 Å². The van der Waals surface area contributed by atoms with Gasteiger partial charge in [0.1, 0.15) is 12.1 Å². The van der Waals surface area contributed by atoms with E-state index in [1.165, 1.54) is 12.8 Å². The van der Waals surface area contributed by atoms with Crippen molar-refractivity contribution in [2.24, 2.45) is 0 Å². The van der Waals surface area contributed by atoms with Gasteiger partial charge < -0.3 is 15.0 Å². The van der Waals surface area contributed by atoms with E-state index < -0.39 is 0 Å². The Morgan fingerprint density at radius 1 is 1.24 bits per heavy atom. The lowest BCUT2D eigenvalue weighted by Gasteiger charge is -2.36. The number of fused-ring (bicyclic) bond motifs is 2. The van der Waals surface area contributed by atoms with Crippen molar-refractivity contribution in [2.75, 3.05) is 12.4 Å². The highest BCUT2D eigenvalue weighted by Crippen LogP contribution is 2.35. The van der Waals surface area contributed by atoms with Gasteiger partial charge in [-0.3, -0.25) is 0 Å². The highest BCUT2D eigenvalue weighted by Gasteiger charge is 2.40. The van der Waals surface area contributed by atoms with Gasteiger partial charge in [-0.05, 0) is 51.8 Å². The molecule has 0 aromatic heterocycles. The van der Waals surface area contributed by atoms with Crippen LogP contribution in [0.1, 0.15) is 32.6 Å². The molecule has 0 spiro atoms. The van der Waals surface area contributed by atoms with Crippen LogP contribution in [0.2, 0.25) is 0 Å². The topological polar surface area (TPSA) is 41.6 Å². The van der Waals surface area contributed by atoms with Gasteiger partial charge >= 0.3 is 5.97 Å². The number of carbonyl (C=O) groups excluding carboxylic acids is 1. The molecular formula is C17H24N2O2. The molecule has 2 aliphatic heterocycles. The Kier molecular flexibility index (Phi) is 4.15. The number of nitrogens with one attached hydrogen (secondary N) is 1. The zero-order chi connectivity index (χ0) is 14.8. The monoisotopic (exact) mass is 288 g/mol. The largest absolute Gasteiger partial charge is 0.461 e. The van der Waals surface area contributed by atoms with E-state index in [9.17, 15) is 4.79 Å². The van der Waals surface area contributed by atoms with Crippen LogP contribution in [0.25, 0.3) is 0 Å². The van der Waals surface area contributed by atoms with E-state index in [0.717, 1.165) is 18.5 Å². The fourth-order valence-electron chi connectivity index (χ4n) is 3.57. The van der Waals surface area contributed by atoms with E-state index >= 15 is 0 Å². The number of anilines is 1. The molecule has 2 heterocycles. The van der Waals surface area contributed by atoms with Crippen molar-refractivity contribution in [3.63, 3.8) is 0 Å². The maximum Gasteiger partial charge on any atom is 0.328 e. The Morgan fingerprint density at radius 3 is 2.48 bits per heavy atom. The van der Waals surface area contributed by atoms with Crippen molar-refractivity contribution in [2.45, 2.75) is 56.8 Å². The van der Waals surface area contributed by atoms with E-state index in [-0.39, 0.29) is 18.1 Å². The molecule has 2 unspecified atom stereocenters. The van der Waals surface area contributed by atoms with Crippen molar-refractivity contribution in [1.82, 2.24) is 4.90 Å².